The van der Waals surface area contributed by atoms with Crippen molar-refractivity contribution in [1.82, 2.24) is 4.98 Å². The lowest BCUT2D eigenvalue weighted by Gasteiger charge is -2.38. The van der Waals surface area contributed by atoms with Crippen molar-refractivity contribution >= 4 is 21.6 Å². The summed E-state index contributed by atoms with van der Waals surface area (Å²) in [4.78, 5) is 4.13. The standard InChI is InChI=1S/C17H15BrN2/c18-15-6-2-5-14-12-3-1-4-13(12)16(20-17(14)15)11-7-9-19-10-8-11/h1-3,5-10,12-13,16,20H,4H2/t12-,13-,16-/m0/s1. The van der Waals surface area contributed by atoms with Gasteiger partial charge in [0.25, 0.3) is 0 Å². The smallest absolute Gasteiger partial charge is 0.0555 e. The maximum Gasteiger partial charge on any atom is 0.0555 e. The fourth-order valence-corrected chi connectivity index (χ4v) is 3.98. The van der Waals surface area contributed by atoms with Crippen LogP contribution < -0.4 is 5.32 Å². The maximum atomic E-state index is 4.13. The summed E-state index contributed by atoms with van der Waals surface area (Å²) in [6, 6.07) is 11.1. The Kier molecular flexibility index (Phi) is 2.88. The number of fused-ring (bicyclic) bond motifs is 3. The van der Waals surface area contributed by atoms with Crippen LogP contribution >= 0.6 is 15.9 Å². The Balaban J connectivity index is 1.83. The summed E-state index contributed by atoms with van der Waals surface area (Å²) in [5.41, 5.74) is 3.96. The first kappa shape index (κ1) is 12.2. The zero-order valence-corrected chi connectivity index (χ0v) is 12.5. The van der Waals surface area contributed by atoms with E-state index in [-0.39, 0.29) is 0 Å². The number of halogens is 1. The van der Waals surface area contributed by atoms with Crippen molar-refractivity contribution in [2.24, 2.45) is 5.92 Å². The highest BCUT2D eigenvalue weighted by Crippen LogP contribution is 2.51. The minimum Gasteiger partial charge on any atom is -0.377 e. The van der Waals surface area contributed by atoms with Gasteiger partial charge in [0, 0.05) is 22.8 Å². The van der Waals surface area contributed by atoms with E-state index >= 15 is 0 Å². The summed E-state index contributed by atoms with van der Waals surface area (Å²) in [6.45, 7) is 0. The molecule has 4 rings (SSSR count). The third kappa shape index (κ3) is 1.80. The molecule has 0 spiro atoms. The number of anilines is 1. The third-order valence-electron chi connectivity index (χ3n) is 4.41. The van der Waals surface area contributed by atoms with Gasteiger partial charge < -0.3 is 5.32 Å². The molecule has 2 nitrogen and oxygen atoms in total. The minimum atomic E-state index is 0.351. The Morgan fingerprint density at radius 1 is 1.15 bits per heavy atom. The molecule has 2 heterocycles. The molecular weight excluding hydrogens is 312 g/mol. The Hall–Kier alpha value is -1.61. The van der Waals surface area contributed by atoms with Gasteiger partial charge in [0.15, 0.2) is 0 Å². The van der Waals surface area contributed by atoms with Crippen molar-refractivity contribution in [3.8, 4) is 0 Å². The molecule has 0 saturated heterocycles. The molecule has 1 aromatic heterocycles. The number of rotatable bonds is 1. The highest BCUT2D eigenvalue weighted by molar-refractivity contribution is 9.10. The van der Waals surface area contributed by atoms with Gasteiger partial charge >= 0.3 is 0 Å². The molecule has 20 heavy (non-hydrogen) atoms. The van der Waals surface area contributed by atoms with Gasteiger partial charge in [-0.05, 0) is 57.6 Å². The molecule has 0 bridgehead atoms. The molecule has 0 saturated carbocycles. The molecule has 3 heteroatoms. The van der Waals surface area contributed by atoms with Crippen LogP contribution in [-0.2, 0) is 0 Å². The molecule has 1 N–H and O–H groups in total. The molecule has 2 aromatic rings. The van der Waals surface area contributed by atoms with E-state index in [0.29, 0.717) is 17.9 Å². The number of pyridine rings is 1. The molecule has 0 unspecified atom stereocenters. The second kappa shape index (κ2) is 4.74. The van der Waals surface area contributed by atoms with Crippen LogP contribution in [0.25, 0.3) is 0 Å². The number of para-hydroxylation sites is 1. The summed E-state index contributed by atoms with van der Waals surface area (Å²) in [7, 11) is 0. The maximum absolute atomic E-state index is 4.13. The van der Waals surface area contributed by atoms with Gasteiger partial charge in [0.2, 0.25) is 0 Å². The predicted molar refractivity (Wildman–Crippen MR) is 84.7 cm³/mol. The number of allylic oxidation sites excluding steroid dienone is 2. The Labute approximate surface area is 127 Å². The number of nitrogens with one attached hydrogen (secondary N) is 1. The molecule has 1 aliphatic carbocycles. The highest BCUT2D eigenvalue weighted by Gasteiger charge is 2.38. The Morgan fingerprint density at radius 2 is 2.00 bits per heavy atom. The first-order valence-electron chi connectivity index (χ1n) is 6.96. The van der Waals surface area contributed by atoms with Gasteiger partial charge in [-0.1, -0.05) is 24.3 Å². The molecule has 0 amide bonds. The minimum absolute atomic E-state index is 0.351. The lowest BCUT2D eigenvalue weighted by atomic mass is 9.77. The molecule has 100 valence electrons. The summed E-state index contributed by atoms with van der Waals surface area (Å²) >= 11 is 3.68. The van der Waals surface area contributed by atoms with Crippen molar-refractivity contribution in [3.63, 3.8) is 0 Å². The predicted octanol–water partition coefficient (Wildman–Crippen LogP) is 4.67. The van der Waals surface area contributed by atoms with Crippen molar-refractivity contribution < 1.29 is 0 Å². The van der Waals surface area contributed by atoms with Crippen LogP contribution in [0.2, 0.25) is 0 Å². The van der Waals surface area contributed by atoms with Crippen molar-refractivity contribution in [2.45, 2.75) is 18.4 Å². The number of hydrogen-bond donors (Lipinski definition) is 1. The molecule has 0 radical (unpaired) electrons. The average molecular weight is 327 g/mol. The second-order valence-corrected chi connectivity index (χ2v) is 6.31. The van der Waals surface area contributed by atoms with Gasteiger partial charge in [-0.3, -0.25) is 4.98 Å². The van der Waals surface area contributed by atoms with E-state index in [1.165, 1.54) is 16.8 Å². The van der Waals surface area contributed by atoms with Crippen molar-refractivity contribution in [1.29, 1.82) is 0 Å². The van der Waals surface area contributed by atoms with Crippen LogP contribution in [0.4, 0.5) is 5.69 Å². The fourth-order valence-electron chi connectivity index (χ4n) is 3.48. The van der Waals surface area contributed by atoms with E-state index in [9.17, 15) is 0 Å². The SMILES string of the molecule is Brc1cccc2c1N[C@@H](c1ccncc1)[C@H]1CC=C[C@H]21. The summed E-state index contributed by atoms with van der Waals surface area (Å²) in [5, 5.41) is 3.74. The van der Waals surface area contributed by atoms with E-state index < -0.39 is 0 Å². The van der Waals surface area contributed by atoms with E-state index in [1.54, 1.807) is 0 Å². The van der Waals surface area contributed by atoms with Crippen LogP contribution in [0.5, 0.6) is 0 Å². The topological polar surface area (TPSA) is 24.9 Å². The number of benzene rings is 1. The first-order valence-corrected chi connectivity index (χ1v) is 7.75. The van der Waals surface area contributed by atoms with Gasteiger partial charge in [-0.2, -0.15) is 0 Å². The van der Waals surface area contributed by atoms with Gasteiger partial charge in [0.1, 0.15) is 0 Å². The van der Waals surface area contributed by atoms with E-state index in [2.05, 4.69) is 68.7 Å². The zero-order chi connectivity index (χ0) is 13.5. The lowest BCUT2D eigenvalue weighted by molar-refractivity contribution is 0.425. The Morgan fingerprint density at radius 3 is 2.85 bits per heavy atom. The molecule has 2 aliphatic rings. The number of hydrogen-bond acceptors (Lipinski definition) is 2. The van der Waals surface area contributed by atoms with Gasteiger partial charge in [-0.15, -0.1) is 0 Å². The van der Waals surface area contributed by atoms with Gasteiger partial charge in [0.05, 0.1) is 11.7 Å². The van der Waals surface area contributed by atoms with Crippen LogP contribution in [0.15, 0.2) is 59.4 Å². The van der Waals surface area contributed by atoms with Crippen molar-refractivity contribution in [3.05, 3.63) is 70.5 Å². The fraction of sp³-hybridized carbons (Fsp3) is 0.235. The highest BCUT2D eigenvalue weighted by atomic mass is 79.9. The van der Waals surface area contributed by atoms with Crippen LogP contribution in [-0.4, -0.2) is 4.98 Å². The number of aromatic nitrogens is 1. The summed E-state index contributed by atoms with van der Waals surface area (Å²) in [6.07, 6.45) is 9.58. The zero-order valence-electron chi connectivity index (χ0n) is 11.0. The van der Waals surface area contributed by atoms with Crippen LogP contribution in [0, 0.1) is 5.92 Å². The monoisotopic (exact) mass is 326 g/mol. The molecule has 1 aliphatic heterocycles. The molecule has 1 aromatic carbocycles. The second-order valence-electron chi connectivity index (χ2n) is 5.46. The molecule has 3 atom stereocenters. The Bertz CT molecular complexity index is 666. The molecular formula is C17H15BrN2. The van der Waals surface area contributed by atoms with Gasteiger partial charge in [-0.25, -0.2) is 0 Å². The summed E-state index contributed by atoms with van der Waals surface area (Å²) in [5.74, 6) is 1.11. The largest absolute Gasteiger partial charge is 0.377 e. The van der Waals surface area contributed by atoms with E-state index in [1.807, 2.05) is 12.4 Å². The quantitative estimate of drug-likeness (QED) is 0.770. The van der Waals surface area contributed by atoms with Crippen molar-refractivity contribution in [2.75, 3.05) is 5.32 Å². The normalized spacial score (nSPS) is 26.8. The number of nitrogens with zero attached hydrogens (tertiary/aromatic N) is 1. The van der Waals surface area contributed by atoms with E-state index in [4.69, 9.17) is 0 Å². The van der Waals surface area contributed by atoms with E-state index in [0.717, 1.165) is 10.9 Å². The average Bonchev–Trinajstić information content (AvgIpc) is 2.97. The van der Waals surface area contributed by atoms with Crippen LogP contribution in [0.1, 0.15) is 29.5 Å². The van der Waals surface area contributed by atoms with Crippen LogP contribution in [0.3, 0.4) is 0 Å². The third-order valence-corrected chi connectivity index (χ3v) is 5.07. The molecule has 0 fully saturated rings. The summed E-state index contributed by atoms with van der Waals surface area (Å²) < 4.78 is 1.15. The lowest BCUT2D eigenvalue weighted by Crippen LogP contribution is -2.29. The first-order chi connectivity index (χ1) is 9.84.